The standard InChI is InChI=1S/C15H21N5O4S/c1-4-13-17-10(2)14(24-13)15(21)16-8-11-7-12-9-19(25(3,22)23)5-6-20(12)18-11/h7H,4-6,8-9H2,1-3H3,(H,16,21). The lowest BCUT2D eigenvalue weighted by molar-refractivity contribution is 0.0920. The Labute approximate surface area is 146 Å². The quantitative estimate of drug-likeness (QED) is 0.821. The molecule has 0 aliphatic carbocycles. The van der Waals surface area contributed by atoms with Crippen molar-refractivity contribution in [3.63, 3.8) is 0 Å². The van der Waals surface area contributed by atoms with E-state index in [2.05, 4.69) is 15.4 Å². The first kappa shape index (κ1) is 17.6. The fraction of sp³-hybridized carbons (Fsp3) is 0.533. The summed E-state index contributed by atoms with van der Waals surface area (Å²) in [7, 11) is -3.22. The normalized spacial score (nSPS) is 15.2. The summed E-state index contributed by atoms with van der Waals surface area (Å²) >= 11 is 0. The molecule has 0 spiro atoms. The molecule has 0 aromatic carbocycles. The van der Waals surface area contributed by atoms with Crippen LogP contribution in [-0.2, 0) is 36.1 Å². The molecule has 1 aliphatic rings. The van der Waals surface area contributed by atoms with Gasteiger partial charge < -0.3 is 9.73 Å². The van der Waals surface area contributed by atoms with Crippen molar-refractivity contribution in [1.29, 1.82) is 0 Å². The second-order valence-electron chi connectivity index (χ2n) is 6.01. The predicted octanol–water partition coefficient (Wildman–Crippen LogP) is 0.447. The van der Waals surface area contributed by atoms with Crippen molar-refractivity contribution >= 4 is 15.9 Å². The van der Waals surface area contributed by atoms with Gasteiger partial charge in [0, 0.05) is 13.0 Å². The van der Waals surface area contributed by atoms with Gasteiger partial charge in [-0.3, -0.25) is 9.48 Å². The molecule has 1 aliphatic heterocycles. The minimum absolute atomic E-state index is 0.212. The Morgan fingerprint density at radius 2 is 2.16 bits per heavy atom. The van der Waals surface area contributed by atoms with Crippen molar-refractivity contribution in [2.45, 2.75) is 39.9 Å². The summed E-state index contributed by atoms with van der Waals surface area (Å²) in [5.41, 5.74) is 2.04. The second kappa shape index (κ2) is 6.60. The van der Waals surface area contributed by atoms with Crippen LogP contribution in [0.4, 0.5) is 0 Å². The summed E-state index contributed by atoms with van der Waals surface area (Å²) in [6, 6.07) is 1.81. The van der Waals surface area contributed by atoms with Gasteiger partial charge in [0.25, 0.3) is 5.91 Å². The number of aromatic nitrogens is 3. The maximum Gasteiger partial charge on any atom is 0.289 e. The monoisotopic (exact) mass is 367 g/mol. The lowest BCUT2D eigenvalue weighted by atomic mass is 10.3. The Morgan fingerprint density at radius 3 is 2.80 bits per heavy atom. The van der Waals surface area contributed by atoms with Gasteiger partial charge >= 0.3 is 0 Å². The first-order chi connectivity index (χ1) is 11.8. The van der Waals surface area contributed by atoms with Gasteiger partial charge in [-0.15, -0.1) is 0 Å². The number of sulfonamides is 1. The molecule has 0 unspecified atom stereocenters. The van der Waals surface area contributed by atoms with Crippen LogP contribution in [0.15, 0.2) is 10.5 Å². The lowest BCUT2D eigenvalue weighted by Gasteiger charge is -2.25. The molecule has 9 nitrogen and oxygen atoms in total. The van der Waals surface area contributed by atoms with E-state index < -0.39 is 10.0 Å². The average Bonchev–Trinajstić information content (AvgIpc) is 3.13. The summed E-state index contributed by atoms with van der Waals surface area (Å²) in [5.74, 6) is 0.401. The Balaban J connectivity index is 1.66. The third-order valence-electron chi connectivity index (χ3n) is 4.06. The first-order valence-corrected chi connectivity index (χ1v) is 9.88. The number of oxazole rings is 1. The second-order valence-corrected chi connectivity index (χ2v) is 7.99. The number of nitrogens with zero attached hydrogens (tertiary/aromatic N) is 4. The van der Waals surface area contributed by atoms with E-state index in [-0.39, 0.29) is 18.2 Å². The zero-order valence-corrected chi connectivity index (χ0v) is 15.3. The van der Waals surface area contributed by atoms with E-state index in [9.17, 15) is 13.2 Å². The maximum absolute atomic E-state index is 12.2. The fourth-order valence-electron chi connectivity index (χ4n) is 2.74. The number of rotatable bonds is 5. The van der Waals surface area contributed by atoms with Crippen LogP contribution >= 0.6 is 0 Å². The smallest absolute Gasteiger partial charge is 0.289 e. The van der Waals surface area contributed by atoms with Crippen LogP contribution in [0.5, 0.6) is 0 Å². The molecular weight excluding hydrogens is 346 g/mol. The minimum atomic E-state index is -3.22. The number of amides is 1. The topological polar surface area (TPSA) is 110 Å². The minimum Gasteiger partial charge on any atom is -0.435 e. The molecule has 25 heavy (non-hydrogen) atoms. The molecule has 3 rings (SSSR count). The van der Waals surface area contributed by atoms with Gasteiger partial charge in [0.05, 0.1) is 43.0 Å². The highest BCUT2D eigenvalue weighted by Crippen LogP contribution is 2.16. The summed E-state index contributed by atoms with van der Waals surface area (Å²) in [5, 5.41) is 7.17. The molecule has 0 bridgehead atoms. The molecule has 2 aromatic rings. The molecule has 136 valence electrons. The highest BCUT2D eigenvalue weighted by Gasteiger charge is 2.24. The van der Waals surface area contributed by atoms with E-state index >= 15 is 0 Å². The molecule has 3 heterocycles. The number of hydrogen-bond donors (Lipinski definition) is 1. The van der Waals surface area contributed by atoms with Gasteiger partial charge in [-0.05, 0) is 13.0 Å². The molecule has 1 N–H and O–H groups in total. The average molecular weight is 367 g/mol. The Bertz CT molecular complexity index is 899. The van der Waals surface area contributed by atoms with Crippen molar-refractivity contribution in [2.75, 3.05) is 12.8 Å². The lowest BCUT2D eigenvalue weighted by Crippen LogP contribution is -2.37. The fourth-order valence-corrected chi connectivity index (χ4v) is 3.52. The van der Waals surface area contributed by atoms with Gasteiger partial charge in [-0.25, -0.2) is 13.4 Å². The third kappa shape index (κ3) is 3.74. The van der Waals surface area contributed by atoms with Crippen molar-refractivity contribution in [1.82, 2.24) is 24.4 Å². The van der Waals surface area contributed by atoms with Crippen molar-refractivity contribution < 1.29 is 17.6 Å². The highest BCUT2D eigenvalue weighted by molar-refractivity contribution is 7.88. The predicted molar refractivity (Wildman–Crippen MR) is 89.3 cm³/mol. The van der Waals surface area contributed by atoms with Crippen LogP contribution in [0.25, 0.3) is 0 Å². The van der Waals surface area contributed by atoms with Gasteiger partial charge in [-0.2, -0.15) is 9.40 Å². The van der Waals surface area contributed by atoms with Crippen LogP contribution in [0.1, 0.15) is 40.5 Å². The molecule has 10 heteroatoms. The van der Waals surface area contributed by atoms with E-state index in [1.54, 1.807) is 11.6 Å². The summed E-state index contributed by atoms with van der Waals surface area (Å²) < 4.78 is 31.9. The Hall–Kier alpha value is -2.20. The van der Waals surface area contributed by atoms with Crippen LogP contribution < -0.4 is 5.32 Å². The van der Waals surface area contributed by atoms with Crippen LogP contribution in [0.3, 0.4) is 0 Å². The Kier molecular flexibility index (Phi) is 4.65. The number of hydrogen-bond acceptors (Lipinski definition) is 6. The van der Waals surface area contributed by atoms with E-state index in [0.717, 1.165) is 5.69 Å². The molecule has 0 radical (unpaired) electrons. The van der Waals surface area contributed by atoms with Crippen molar-refractivity contribution in [3.05, 3.63) is 34.8 Å². The van der Waals surface area contributed by atoms with E-state index in [1.807, 2.05) is 13.0 Å². The molecular formula is C15H21N5O4S. The maximum atomic E-state index is 12.2. The zero-order valence-electron chi connectivity index (χ0n) is 14.4. The molecule has 0 fully saturated rings. The number of aryl methyl sites for hydroxylation is 2. The van der Waals surface area contributed by atoms with Crippen molar-refractivity contribution in [3.8, 4) is 0 Å². The number of fused-ring (bicyclic) bond motifs is 1. The number of carbonyl (C=O) groups is 1. The van der Waals surface area contributed by atoms with E-state index in [4.69, 9.17) is 4.42 Å². The largest absolute Gasteiger partial charge is 0.435 e. The van der Waals surface area contributed by atoms with Crippen LogP contribution in [0, 0.1) is 6.92 Å². The summed E-state index contributed by atoms with van der Waals surface area (Å²) in [6.07, 6.45) is 1.82. The SMILES string of the molecule is CCc1nc(C)c(C(=O)NCc2cc3n(n2)CCN(S(C)(=O)=O)C3)o1. The summed E-state index contributed by atoms with van der Waals surface area (Å²) in [4.78, 5) is 16.4. The summed E-state index contributed by atoms with van der Waals surface area (Å²) in [6.45, 7) is 5.06. The van der Waals surface area contributed by atoms with Crippen molar-refractivity contribution in [2.24, 2.45) is 0 Å². The van der Waals surface area contributed by atoms with Gasteiger partial charge in [0.1, 0.15) is 0 Å². The van der Waals surface area contributed by atoms with Crippen LogP contribution in [0.2, 0.25) is 0 Å². The van der Waals surface area contributed by atoms with Gasteiger partial charge in [0.15, 0.2) is 5.89 Å². The molecule has 1 amide bonds. The zero-order chi connectivity index (χ0) is 18.2. The molecule has 2 aromatic heterocycles. The molecule has 0 saturated carbocycles. The van der Waals surface area contributed by atoms with E-state index in [0.29, 0.717) is 43.3 Å². The van der Waals surface area contributed by atoms with Gasteiger partial charge in [-0.1, -0.05) is 6.92 Å². The van der Waals surface area contributed by atoms with E-state index in [1.165, 1.54) is 10.6 Å². The highest BCUT2D eigenvalue weighted by atomic mass is 32.2. The molecule has 0 saturated heterocycles. The number of carbonyl (C=O) groups excluding carboxylic acids is 1. The third-order valence-corrected chi connectivity index (χ3v) is 5.31. The van der Waals surface area contributed by atoms with Crippen LogP contribution in [-0.4, -0.2) is 46.2 Å². The molecule has 0 atom stereocenters. The first-order valence-electron chi connectivity index (χ1n) is 8.03. The number of nitrogens with one attached hydrogen (secondary N) is 1. The van der Waals surface area contributed by atoms with Gasteiger partial charge in [0.2, 0.25) is 15.8 Å². The Morgan fingerprint density at radius 1 is 1.40 bits per heavy atom.